The molecule has 0 spiro atoms. The van der Waals surface area contributed by atoms with Gasteiger partial charge in [0.2, 0.25) is 0 Å². The van der Waals surface area contributed by atoms with Gasteiger partial charge in [-0.1, -0.05) is 38.5 Å². The molecule has 0 aliphatic rings. The molecule has 1 rings (SSSR count). The van der Waals surface area contributed by atoms with E-state index in [-0.39, 0.29) is 6.61 Å². The van der Waals surface area contributed by atoms with Gasteiger partial charge in [-0.15, -0.1) is 11.3 Å². The number of aliphatic hydroxyl groups is 1. The van der Waals surface area contributed by atoms with E-state index in [0.29, 0.717) is 6.42 Å². The lowest BCUT2D eigenvalue weighted by Crippen LogP contribution is -2.25. The molecular weight excluding hydrogens is 266 g/mol. The molecule has 0 bridgehead atoms. The summed E-state index contributed by atoms with van der Waals surface area (Å²) < 4.78 is 0. The smallest absolute Gasteiger partial charge is 0.0540 e. The Bertz CT molecular complexity index is 408. The summed E-state index contributed by atoms with van der Waals surface area (Å²) in [4.78, 5) is 3.92. The van der Waals surface area contributed by atoms with Gasteiger partial charge in [0.25, 0.3) is 0 Å². The minimum Gasteiger partial charge on any atom is -0.395 e. The van der Waals surface area contributed by atoms with Crippen molar-refractivity contribution in [3.05, 3.63) is 21.9 Å². The minimum atomic E-state index is 0.144. The van der Waals surface area contributed by atoms with Gasteiger partial charge in [0, 0.05) is 23.4 Å². The zero-order chi connectivity index (χ0) is 14.6. The van der Waals surface area contributed by atoms with Crippen LogP contribution >= 0.6 is 11.3 Å². The first kappa shape index (κ1) is 17.2. The van der Waals surface area contributed by atoms with E-state index >= 15 is 0 Å². The molecule has 0 unspecified atom stereocenters. The van der Waals surface area contributed by atoms with Crippen LogP contribution < -0.4 is 0 Å². The van der Waals surface area contributed by atoms with Crippen LogP contribution in [0, 0.1) is 11.8 Å². The second-order valence-corrected chi connectivity index (χ2v) is 6.02. The number of nitrogens with zero attached hydrogens (tertiary/aromatic N) is 1. The lowest BCUT2D eigenvalue weighted by atomic mass is 10.2. The van der Waals surface area contributed by atoms with Crippen LogP contribution in [0.4, 0.5) is 0 Å². The van der Waals surface area contributed by atoms with Crippen molar-refractivity contribution < 1.29 is 5.11 Å². The SMILES string of the molecule is CCCCN(CCCC)Cc1sccc1C#CCCO. The van der Waals surface area contributed by atoms with Crippen LogP contribution in [0.1, 0.15) is 56.4 Å². The van der Waals surface area contributed by atoms with Gasteiger partial charge in [-0.25, -0.2) is 0 Å². The summed E-state index contributed by atoms with van der Waals surface area (Å²) in [6.07, 6.45) is 5.58. The van der Waals surface area contributed by atoms with E-state index < -0.39 is 0 Å². The first-order valence-electron chi connectivity index (χ1n) is 7.70. The first-order valence-corrected chi connectivity index (χ1v) is 8.58. The van der Waals surface area contributed by atoms with E-state index in [2.05, 4.69) is 42.0 Å². The summed E-state index contributed by atoms with van der Waals surface area (Å²) in [5, 5.41) is 10.9. The Morgan fingerprint density at radius 1 is 1.20 bits per heavy atom. The Balaban J connectivity index is 2.63. The molecule has 1 N–H and O–H groups in total. The topological polar surface area (TPSA) is 23.5 Å². The number of unbranched alkanes of at least 4 members (excludes halogenated alkanes) is 2. The molecule has 0 saturated heterocycles. The molecule has 2 nitrogen and oxygen atoms in total. The van der Waals surface area contributed by atoms with Crippen LogP contribution in [0.2, 0.25) is 0 Å². The molecule has 0 aliphatic heterocycles. The highest BCUT2D eigenvalue weighted by molar-refractivity contribution is 7.10. The second kappa shape index (κ2) is 10.9. The molecule has 0 fully saturated rings. The number of rotatable bonds is 9. The van der Waals surface area contributed by atoms with Crippen LogP contribution in [0.5, 0.6) is 0 Å². The lowest BCUT2D eigenvalue weighted by Gasteiger charge is -2.21. The number of thiophene rings is 1. The van der Waals surface area contributed by atoms with E-state index in [0.717, 1.165) is 12.1 Å². The predicted molar refractivity (Wildman–Crippen MR) is 88.0 cm³/mol. The molecule has 0 radical (unpaired) electrons. The summed E-state index contributed by atoms with van der Waals surface area (Å²) in [6.45, 7) is 8.01. The van der Waals surface area contributed by atoms with E-state index in [1.54, 1.807) is 11.3 Å². The van der Waals surface area contributed by atoms with Crippen LogP contribution in [0.3, 0.4) is 0 Å². The zero-order valence-corrected chi connectivity index (χ0v) is 13.6. The van der Waals surface area contributed by atoms with Crippen LogP contribution in [0.25, 0.3) is 0 Å². The van der Waals surface area contributed by atoms with E-state index in [1.165, 1.54) is 43.6 Å². The van der Waals surface area contributed by atoms with Crippen molar-refractivity contribution in [2.24, 2.45) is 0 Å². The number of hydrogen-bond acceptors (Lipinski definition) is 3. The fourth-order valence-corrected chi connectivity index (χ4v) is 2.90. The van der Waals surface area contributed by atoms with E-state index in [4.69, 9.17) is 5.11 Å². The largest absolute Gasteiger partial charge is 0.395 e. The normalized spacial score (nSPS) is 10.6. The van der Waals surface area contributed by atoms with Gasteiger partial charge in [-0.3, -0.25) is 4.90 Å². The molecule has 1 aromatic rings. The Morgan fingerprint density at radius 2 is 1.90 bits per heavy atom. The zero-order valence-electron chi connectivity index (χ0n) is 12.8. The molecule has 0 atom stereocenters. The van der Waals surface area contributed by atoms with Gasteiger partial charge in [-0.2, -0.15) is 0 Å². The van der Waals surface area contributed by atoms with Gasteiger partial charge in [0.1, 0.15) is 0 Å². The summed E-state index contributed by atoms with van der Waals surface area (Å²) in [5.41, 5.74) is 1.14. The lowest BCUT2D eigenvalue weighted by molar-refractivity contribution is 0.259. The standard InChI is InChI=1S/C17H27NOS/c1-3-5-11-18(12-6-4-2)15-17-16(10-14-20-17)9-7-8-13-19/h10,14,19H,3-6,8,11-13,15H2,1-2H3. The molecule has 1 heterocycles. The number of aliphatic hydroxyl groups excluding tert-OH is 1. The van der Waals surface area contributed by atoms with Crippen molar-refractivity contribution in [1.29, 1.82) is 0 Å². The molecule has 20 heavy (non-hydrogen) atoms. The molecule has 1 aromatic heterocycles. The van der Waals surface area contributed by atoms with Crippen molar-refractivity contribution in [2.75, 3.05) is 19.7 Å². The van der Waals surface area contributed by atoms with Gasteiger partial charge in [0.05, 0.1) is 6.61 Å². The Hall–Kier alpha value is -0.820. The third-order valence-corrected chi connectivity index (χ3v) is 4.13. The quantitative estimate of drug-likeness (QED) is 0.698. The van der Waals surface area contributed by atoms with Crippen LogP contribution in [-0.2, 0) is 6.54 Å². The molecule has 3 heteroatoms. The van der Waals surface area contributed by atoms with E-state index in [9.17, 15) is 0 Å². The highest BCUT2D eigenvalue weighted by Gasteiger charge is 2.09. The summed E-state index contributed by atoms with van der Waals surface area (Å²) in [7, 11) is 0. The highest BCUT2D eigenvalue weighted by Crippen LogP contribution is 2.19. The van der Waals surface area contributed by atoms with Gasteiger partial charge in [-0.05, 0) is 37.4 Å². The average molecular weight is 293 g/mol. The maximum atomic E-state index is 8.80. The van der Waals surface area contributed by atoms with Crippen molar-refractivity contribution in [3.63, 3.8) is 0 Å². The van der Waals surface area contributed by atoms with Crippen LogP contribution in [0.15, 0.2) is 11.4 Å². The fraction of sp³-hybridized carbons (Fsp3) is 0.647. The fourth-order valence-electron chi connectivity index (χ4n) is 2.02. The molecular formula is C17H27NOS. The van der Waals surface area contributed by atoms with Crippen molar-refractivity contribution in [3.8, 4) is 11.8 Å². The van der Waals surface area contributed by atoms with Gasteiger partial charge >= 0.3 is 0 Å². The maximum Gasteiger partial charge on any atom is 0.0540 e. The number of hydrogen-bond donors (Lipinski definition) is 1. The molecule has 0 aromatic carbocycles. The Morgan fingerprint density at radius 3 is 2.50 bits per heavy atom. The Labute approximate surface area is 127 Å². The van der Waals surface area contributed by atoms with Crippen LogP contribution in [-0.4, -0.2) is 29.7 Å². The molecule has 112 valence electrons. The first-order chi connectivity index (χ1) is 9.81. The molecule has 0 saturated carbocycles. The van der Waals surface area contributed by atoms with Gasteiger partial charge < -0.3 is 5.11 Å². The van der Waals surface area contributed by atoms with Crippen molar-refractivity contribution in [1.82, 2.24) is 4.90 Å². The maximum absolute atomic E-state index is 8.80. The van der Waals surface area contributed by atoms with E-state index in [1.807, 2.05) is 0 Å². The third kappa shape index (κ3) is 6.56. The van der Waals surface area contributed by atoms with Crippen molar-refractivity contribution in [2.45, 2.75) is 52.5 Å². The Kier molecular flexibility index (Phi) is 9.40. The third-order valence-electron chi connectivity index (χ3n) is 3.23. The summed E-state index contributed by atoms with van der Waals surface area (Å²) >= 11 is 1.80. The second-order valence-electron chi connectivity index (χ2n) is 5.02. The summed E-state index contributed by atoms with van der Waals surface area (Å²) in [5.74, 6) is 6.21. The highest BCUT2D eigenvalue weighted by atomic mass is 32.1. The summed E-state index contributed by atoms with van der Waals surface area (Å²) in [6, 6.07) is 2.10. The predicted octanol–water partition coefficient (Wildman–Crippen LogP) is 3.88. The van der Waals surface area contributed by atoms with Gasteiger partial charge in [0.15, 0.2) is 0 Å². The minimum absolute atomic E-state index is 0.144. The monoisotopic (exact) mass is 293 g/mol. The molecule has 0 aliphatic carbocycles. The van der Waals surface area contributed by atoms with Crippen molar-refractivity contribution >= 4 is 11.3 Å². The molecule has 0 amide bonds. The average Bonchev–Trinajstić information content (AvgIpc) is 2.89.